The summed E-state index contributed by atoms with van der Waals surface area (Å²) in [7, 11) is 0. The zero-order valence-corrected chi connectivity index (χ0v) is 12.3. The summed E-state index contributed by atoms with van der Waals surface area (Å²) in [4.78, 5) is 16.4. The lowest BCUT2D eigenvalue weighted by Crippen LogP contribution is -2.49. The molecule has 1 unspecified atom stereocenters. The first kappa shape index (κ1) is 14.2. The predicted molar refractivity (Wildman–Crippen MR) is 82.5 cm³/mol. The van der Waals surface area contributed by atoms with Gasteiger partial charge >= 0.3 is 0 Å². The van der Waals surface area contributed by atoms with Gasteiger partial charge in [-0.25, -0.2) is 0 Å². The van der Waals surface area contributed by atoms with Crippen molar-refractivity contribution in [3.05, 3.63) is 24.3 Å². The highest BCUT2D eigenvalue weighted by molar-refractivity contribution is 5.77. The van der Waals surface area contributed by atoms with Gasteiger partial charge in [0.05, 0.1) is 5.69 Å². The maximum atomic E-state index is 12.3. The SMILES string of the molecule is O=C(CC1CCCN1)N1CCN(c2ccccc2O)CC1. The molecule has 0 radical (unpaired) electrons. The maximum absolute atomic E-state index is 12.3. The normalized spacial score (nSPS) is 22.6. The third-order valence-corrected chi connectivity index (χ3v) is 4.44. The molecule has 2 aliphatic heterocycles. The summed E-state index contributed by atoms with van der Waals surface area (Å²) in [5.41, 5.74) is 0.863. The molecule has 0 saturated carbocycles. The summed E-state index contributed by atoms with van der Waals surface area (Å²) < 4.78 is 0. The molecule has 5 heteroatoms. The van der Waals surface area contributed by atoms with E-state index in [0.717, 1.165) is 44.8 Å². The van der Waals surface area contributed by atoms with Crippen molar-refractivity contribution in [2.24, 2.45) is 0 Å². The maximum Gasteiger partial charge on any atom is 0.224 e. The van der Waals surface area contributed by atoms with Crippen molar-refractivity contribution in [1.82, 2.24) is 10.2 Å². The van der Waals surface area contributed by atoms with E-state index in [1.807, 2.05) is 23.1 Å². The van der Waals surface area contributed by atoms with Gasteiger partial charge in [-0.1, -0.05) is 12.1 Å². The van der Waals surface area contributed by atoms with Gasteiger partial charge in [0.1, 0.15) is 5.75 Å². The van der Waals surface area contributed by atoms with Gasteiger partial charge in [-0.15, -0.1) is 0 Å². The number of carbonyl (C=O) groups is 1. The topological polar surface area (TPSA) is 55.8 Å². The minimum Gasteiger partial charge on any atom is -0.506 e. The standard InChI is InChI=1S/C16H23N3O2/c20-15-6-2-1-5-14(15)18-8-10-19(11-9-18)16(21)12-13-4-3-7-17-13/h1-2,5-6,13,17,20H,3-4,7-12H2. The number of benzene rings is 1. The van der Waals surface area contributed by atoms with Crippen molar-refractivity contribution < 1.29 is 9.90 Å². The van der Waals surface area contributed by atoms with Crippen LogP contribution >= 0.6 is 0 Å². The number of piperazine rings is 1. The van der Waals surface area contributed by atoms with Gasteiger partial charge in [-0.2, -0.15) is 0 Å². The zero-order chi connectivity index (χ0) is 14.7. The molecule has 2 heterocycles. The third kappa shape index (κ3) is 3.29. The van der Waals surface area contributed by atoms with E-state index in [0.29, 0.717) is 18.2 Å². The van der Waals surface area contributed by atoms with Crippen LogP contribution in [0.1, 0.15) is 19.3 Å². The van der Waals surface area contributed by atoms with E-state index in [-0.39, 0.29) is 5.91 Å². The lowest BCUT2D eigenvalue weighted by molar-refractivity contribution is -0.131. The van der Waals surface area contributed by atoms with Crippen LogP contribution in [0.5, 0.6) is 5.75 Å². The van der Waals surface area contributed by atoms with Gasteiger partial charge in [0.25, 0.3) is 0 Å². The molecule has 0 aliphatic carbocycles. The molecule has 1 atom stereocenters. The molecule has 114 valence electrons. The Balaban J connectivity index is 1.52. The third-order valence-electron chi connectivity index (χ3n) is 4.44. The summed E-state index contributed by atoms with van der Waals surface area (Å²) in [5.74, 6) is 0.568. The fraction of sp³-hybridized carbons (Fsp3) is 0.562. The van der Waals surface area contributed by atoms with Crippen LogP contribution in [0.4, 0.5) is 5.69 Å². The van der Waals surface area contributed by atoms with Crippen LogP contribution < -0.4 is 10.2 Å². The lowest BCUT2D eigenvalue weighted by Gasteiger charge is -2.36. The molecule has 21 heavy (non-hydrogen) atoms. The van der Waals surface area contributed by atoms with Crippen LogP contribution in [0, 0.1) is 0 Å². The van der Waals surface area contributed by atoms with Crippen LogP contribution in [0.15, 0.2) is 24.3 Å². The second-order valence-corrected chi connectivity index (χ2v) is 5.85. The van der Waals surface area contributed by atoms with Crippen molar-refractivity contribution >= 4 is 11.6 Å². The van der Waals surface area contributed by atoms with E-state index in [1.165, 1.54) is 6.42 Å². The van der Waals surface area contributed by atoms with E-state index >= 15 is 0 Å². The molecule has 2 N–H and O–H groups in total. The Labute approximate surface area is 125 Å². The predicted octanol–water partition coefficient (Wildman–Crippen LogP) is 1.18. The van der Waals surface area contributed by atoms with Gasteiger partial charge in [-0.05, 0) is 31.5 Å². The second kappa shape index (κ2) is 6.35. The highest BCUT2D eigenvalue weighted by Gasteiger charge is 2.25. The number of phenolic OH excluding ortho intramolecular Hbond substituents is 1. The minimum atomic E-state index is 0.256. The molecule has 2 saturated heterocycles. The highest BCUT2D eigenvalue weighted by Crippen LogP contribution is 2.27. The Hall–Kier alpha value is -1.75. The summed E-state index contributed by atoms with van der Waals surface area (Å²) in [6.07, 6.45) is 2.92. The first-order chi connectivity index (χ1) is 10.2. The van der Waals surface area contributed by atoms with Gasteiger partial charge < -0.3 is 20.2 Å². The summed E-state index contributed by atoms with van der Waals surface area (Å²) in [5, 5.41) is 13.3. The van der Waals surface area contributed by atoms with Crippen LogP contribution in [-0.2, 0) is 4.79 Å². The largest absolute Gasteiger partial charge is 0.506 e. The molecule has 1 aromatic rings. The van der Waals surface area contributed by atoms with Crippen LogP contribution in [-0.4, -0.2) is 54.7 Å². The fourth-order valence-corrected chi connectivity index (χ4v) is 3.20. The molecule has 3 rings (SSSR count). The zero-order valence-electron chi connectivity index (χ0n) is 12.3. The number of nitrogens with one attached hydrogen (secondary N) is 1. The van der Waals surface area contributed by atoms with Gasteiger partial charge in [0, 0.05) is 38.6 Å². The number of hydrogen-bond acceptors (Lipinski definition) is 4. The Morgan fingerprint density at radius 2 is 2.00 bits per heavy atom. The van der Waals surface area contributed by atoms with E-state index in [4.69, 9.17) is 0 Å². The number of rotatable bonds is 3. The average molecular weight is 289 g/mol. The number of para-hydroxylation sites is 2. The van der Waals surface area contributed by atoms with Crippen molar-refractivity contribution in [3.63, 3.8) is 0 Å². The Kier molecular flexibility index (Phi) is 4.29. The molecule has 2 aliphatic rings. The first-order valence-electron chi connectivity index (χ1n) is 7.78. The molecule has 1 amide bonds. The van der Waals surface area contributed by atoms with Crippen molar-refractivity contribution in [2.45, 2.75) is 25.3 Å². The van der Waals surface area contributed by atoms with Crippen LogP contribution in [0.2, 0.25) is 0 Å². The monoisotopic (exact) mass is 289 g/mol. The Morgan fingerprint density at radius 1 is 1.24 bits per heavy atom. The fourth-order valence-electron chi connectivity index (χ4n) is 3.20. The Morgan fingerprint density at radius 3 is 2.67 bits per heavy atom. The van der Waals surface area contributed by atoms with E-state index in [2.05, 4.69) is 10.2 Å². The molecular weight excluding hydrogens is 266 g/mol. The number of nitrogens with zero attached hydrogens (tertiary/aromatic N) is 2. The summed E-state index contributed by atoms with van der Waals surface area (Å²) in [6, 6.07) is 7.76. The Bertz CT molecular complexity index is 492. The number of carbonyl (C=O) groups excluding carboxylic acids is 1. The van der Waals surface area contributed by atoms with Crippen molar-refractivity contribution in [2.75, 3.05) is 37.6 Å². The van der Waals surface area contributed by atoms with Crippen molar-refractivity contribution in [3.8, 4) is 5.75 Å². The van der Waals surface area contributed by atoms with Gasteiger partial charge in [0.2, 0.25) is 5.91 Å². The molecular formula is C16H23N3O2. The molecule has 0 spiro atoms. The summed E-state index contributed by atoms with van der Waals surface area (Å²) >= 11 is 0. The number of aromatic hydroxyl groups is 1. The van der Waals surface area contributed by atoms with Gasteiger partial charge in [-0.3, -0.25) is 4.79 Å². The molecule has 1 aromatic carbocycles. The number of anilines is 1. The molecule has 2 fully saturated rings. The average Bonchev–Trinajstić information content (AvgIpc) is 3.01. The second-order valence-electron chi connectivity index (χ2n) is 5.85. The number of hydrogen-bond donors (Lipinski definition) is 2. The molecule has 0 aromatic heterocycles. The van der Waals surface area contributed by atoms with Crippen LogP contribution in [0.3, 0.4) is 0 Å². The molecule has 0 bridgehead atoms. The number of amides is 1. The lowest BCUT2D eigenvalue weighted by atomic mass is 10.1. The van der Waals surface area contributed by atoms with E-state index in [9.17, 15) is 9.90 Å². The molecule has 5 nitrogen and oxygen atoms in total. The van der Waals surface area contributed by atoms with E-state index in [1.54, 1.807) is 6.07 Å². The smallest absolute Gasteiger partial charge is 0.224 e. The highest BCUT2D eigenvalue weighted by atomic mass is 16.3. The van der Waals surface area contributed by atoms with Crippen molar-refractivity contribution in [1.29, 1.82) is 0 Å². The summed E-state index contributed by atoms with van der Waals surface area (Å²) in [6.45, 7) is 4.07. The quantitative estimate of drug-likeness (QED) is 0.877. The first-order valence-corrected chi connectivity index (χ1v) is 7.78. The van der Waals surface area contributed by atoms with Gasteiger partial charge in [0.15, 0.2) is 0 Å². The van der Waals surface area contributed by atoms with Crippen LogP contribution in [0.25, 0.3) is 0 Å². The minimum absolute atomic E-state index is 0.256. The van der Waals surface area contributed by atoms with E-state index < -0.39 is 0 Å². The number of phenols is 1.